The first-order chi connectivity index (χ1) is 13.6. The molecule has 138 valence electrons. The van der Waals surface area contributed by atoms with Crippen LogP contribution in [-0.4, -0.2) is 24.6 Å². The van der Waals surface area contributed by atoms with E-state index in [9.17, 15) is 0 Å². The first-order valence-corrected chi connectivity index (χ1v) is 8.73. The highest BCUT2D eigenvalue weighted by molar-refractivity contribution is 5.77. The Morgan fingerprint density at radius 3 is 2.82 bits per heavy atom. The zero-order valence-corrected chi connectivity index (χ0v) is 15.5. The van der Waals surface area contributed by atoms with Crippen molar-refractivity contribution in [2.75, 3.05) is 11.1 Å². The Kier molecular flexibility index (Phi) is 4.33. The molecule has 4 rings (SSSR count). The minimum Gasteiger partial charge on any atom is -0.392 e. The fourth-order valence-electron chi connectivity index (χ4n) is 3.14. The molecular weight excluding hydrogens is 352 g/mol. The van der Waals surface area contributed by atoms with Crippen LogP contribution in [0.5, 0.6) is 0 Å². The van der Waals surface area contributed by atoms with E-state index in [0.29, 0.717) is 5.82 Å². The molecule has 3 heterocycles. The molecule has 1 aromatic carbocycles. The predicted octanol–water partition coefficient (Wildman–Crippen LogP) is 3.80. The van der Waals surface area contributed by atoms with Crippen LogP contribution >= 0.6 is 0 Å². The van der Waals surface area contributed by atoms with E-state index in [1.165, 1.54) is 6.33 Å². The highest BCUT2D eigenvalue weighted by atomic mass is 15.2. The second kappa shape index (κ2) is 6.96. The van der Waals surface area contributed by atoms with Gasteiger partial charge in [-0.1, -0.05) is 24.3 Å². The summed E-state index contributed by atoms with van der Waals surface area (Å²) in [4.78, 5) is 15.9. The Hall–Kier alpha value is -3.99. The van der Waals surface area contributed by atoms with Crippen LogP contribution in [0.4, 0.5) is 17.3 Å². The quantitative estimate of drug-likeness (QED) is 0.530. The molecule has 0 saturated carbocycles. The molecule has 0 amide bonds. The van der Waals surface area contributed by atoms with Crippen LogP contribution in [0.1, 0.15) is 24.1 Å². The molecule has 0 fully saturated rings. The van der Waals surface area contributed by atoms with Gasteiger partial charge in [-0.25, -0.2) is 24.3 Å². The van der Waals surface area contributed by atoms with E-state index in [1.807, 2.05) is 37.4 Å². The van der Waals surface area contributed by atoms with Gasteiger partial charge in [-0.3, -0.25) is 0 Å². The van der Waals surface area contributed by atoms with Gasteiger partial charge in [0, 0.05) is 23.5 Å². The molecule has 0 aliphatic heterocycles. The highest BCUT2D eigenvalue weighted by Gasteiger charge is 2.19. The largest absolute Gasteiger partial charge is 0.392 e. The number of nitrogens with one attached hydrogen (secondary N) is 1. The Morgan fingerprint density at radius 1 is 1.21 bits per heavy atom. The summed E-state index contributed by atoms with van der Waals surface area (Å²) >= 11 is 0. The maximum absolute atomic E-state index is 7.37. The van der Waals surface area contributed by atoms with Gasteiger partial charge >= 0.3 is 0 Å². The summed E-state index contributed by atoms with van der Waals surface area (Å²) in [5.74, 6) is 0.551. The van der Waals surface area contributed by atoms with E-state index in [2.05, 4.69) is 38.1 Å². The highest BCUT2D eigenvalue weighted by Crippen LogP contribution is 2.34. The van der Waals surface area contributed by atoms with E-state index >= 15 is 0 Å². The van der Waals surface area contributed by atoms with Crippen LogP contribution in [0.2, 0.25) is 0 Å². The van der Waals surface area contributed by atoms with Crippen LogP contribution in [0, 0.1) is 13.5 Å². The van der Waals surface area contributed by atoms with Crippen molar-refractivity contribution in [1.29, 1.82) is 0 Å². The molecule has 3 aromatic heterocycles. The Morgan fingerprint density at radius 2 is 2.04 bits per heavy atom. The summed E-state index contributed by atoms with van der Waals surface area (Å²) in [5.41, 5.74) is 10.7. The minimum atomic E-state index is -0.196. The van der Waals surface area contributed by atoms with E-state index in [1.54, 1.807) is 10.7 Å². The number of benzene rings is 1. The van der Waals surface area contributed by atoms with E-state index < -0.39 is 0 Å². The third kappa shape index (κ3) is 2.99. The summed E-state index contributed by atoms with van der Waals surface area (Å²) in [6.07, 6.45) is 4.88. The minimum absolute atomic E-state index is 0.153. The fraction of sp³-hybridized carbons (Fsp3) is 0.150. The number of nitrogens with two attached hydrogens (primary N) is 1. The lowest BCUT2D eigenvalue weighted by molar-refractivity contribution is 0.841. The zero-order chi connectivity index (χ0) is 19.7. The number of hydrogen-bond donors (Lipinski definition) is 2. The number of rotatable bonds is 4. The van der Waals surface area contributed by atoms with Crippen molar-refractivity contribution in [3.8, 4) is 11.3 Å². The average molecular weight is 370 g/mol. The van der Waals surface area contributed by atoms with Gasteiger partial charge in [0.25, 0.3) is 5.69 Å². The van der Waals surface area contributed by atoms with Gasteiger partial charge in [-0.15, -0.1) is 0 Å². The Bertz CT molecular complexity index is 1200. The molecule has 0 saturated heterocycles. The molecule has 0 spiro atoms. The van der Waals surface area contributed by atoms with Gasteiger partial charge in [0.2, 0.25) is 0 Å². The first kappa shape index (κ1) is 17.4. The van der Waals surface area contributed by atoms with Gasteiger partial charge in [0.1, 0.15) is 18.0 Å². The normalized spacial score (nSPS) is 11.9. The third-order valence-corrected chi connectivity index (χ3v) is 4.60. The molecule has 4 aromatic rings. The molecule has 28 heavy (non-hydrogen) atoms. The number of fused-ring (bicyclic) bond motifs is 1. The lowest BCUT2D eigenvalue weighted by Gasteiger charge is -2.20. The van der Waals surface area contributed by atoms with Crippen LogP contribution < -0.4 is 11.1 Å². The number of nitrogens with zero attached hydrogens (tertiary/aromatic N) is 6. The van der Waals surface area contributed by atoms with Crippen LogP contribution in [0.15, 0.2) is 49.1 Å². The second-order valence-corrected chi connectivity index (χ2v) is 6.43. The lowest BCUT2D eigenvalue weighted by atomic mass is 9.98. The van der Waals surface area contributed by atoms with Gasteiger partial charge in [0.15, 0.2) is 5.65 Å². The average Bonchev–Trinajstić information content (AvgIpc) is 3.15. The lowest BCUT2D eigenvalue weighted by Crippen LogP contribution is -2.12. The summed E-state index contributed by atoms with van der Waals surface area (Å²) < 4.78 is 1.76. The van der Waals surface area contributed by atoms with Crippen LogP contribution in [0.3, 0.4) is 0 Å². The van der Waals surface area contributed by atoms with Crippen molar-refractivity contribution in [3.05, 3.63) is 71.6 Å². The topological polar surface area (TPSA) is 98.4 Å². The Labute approximate surface area is 161 Å². The van der Waals surface area contributed by atoms with Crippen molar-refractivity contribution in [2.24, 2.45) is 0 Å². The van der Waals surface area contributed by atoms with Gasteiger partial charge in [-0.2, -0.15) is 5.10 Å². The molecule has 0 aliphatic rings. The number of nitrogen functional groups attached to an aromatic ring is 1. The van der Waals surface area contributed by atoms with Crippen molar-refractivity contribution in [3.63, 3.8) is 0 Å². The number of hydrogen-bond acceptors (Lipinski definition) is 6. The third-order valence-electron chi connectivity index (χ3n) is 4.60. The van der Waals surface area contributed by atoms with Crippen molar-refractivity contribution >= 4 is 23.0 Å². The zero-order valence-electron chi connectivity index (χ0n) is 15.5. The maximum Gasteiger partial charge on any atom is 0.268 e. The van der Waals surface area contributed by atoms with Crippen molar-refractivity contribution in [2.45, 2.75) is 19.9 Å². The molecule has 3 N–H and O–H groups in total. The predicted molar refractivity (Wildman–Crippen MR) is 108 cm³/mol. The smallest absolute Gasteiger partial charge is 0.268 e. The van der Waals surface area contributed by atoms with Gasteiger partial charge in [0.05, 0.1) is 18.3 Å². The summed E-state index contributed by atoms with van der Waals surface area (Å²) in [7, 11) is 0. The number of anilines is 2. The molecule has 0 bridgehead atoms. The SMILES string of the molecule is [C-]#[N+]c1c(N)ncnc1N[C@@H](C)c1cc2nccn2nc1-c1ccccc1C. The number of aryl methyl sites for hydroxylation is 1. The van der Waals surface area contributed by atoms with E-state index in [0.717, 1.165) is 28.0 Å². The molecule has 1 atom stereocenters. The number of aromatic nitrogens is 5. The summed E-state index contributed by atoms with van der Waals surface area (Å²) in [6.45, 7) is 11.4. The molecule has 0 unspecified atom stereocenters. The molecule has 8 heteroatoms. The van der Waals surface area contributed by atoms with Gasteiger partial charge in [-0.05, 0) is 25.5 Å². The molecule has 8 nitrogen and oxygen atoms in total. The van der Waals surface area contributed by atoms with Crippen LogP contribution in [-0.2, 0) is 0 Å². The van der Waals surface area contributed by atoms with Crippen molar-refractivity contribution in [1.82, 2.24) is 24.6 Å². The molecule has 0 radical (unpaired) electrons. The fourth-order valence-corrected chi connectivity index (χ4v) is 3.14. The number of imidazole rings is 1. The second-order valence-electron chi connectivity index (χ2n) is 6.43. The maximum atomic E-state index is 7.37. The van der Waals surface area contributed by atoms with E-state index in [4.69, 9.17) is 17.4 Å². The Balaban J connectivity index is 1.84. The van der Waals surface area contributed by atoms with Crippen LogP contribution in [0.25, 0.3) is 21.7 Å². The summed E-state index contributed by atoms with van der Waals surface area (Å²) in [5, 5.41) is 8.07. The monoisotopic (exact) mass is 370 g/mol. The summed E-state index contributed by atoms with van der Waals surface area (Å²) in [6, 6.07) is 9.89. The molecule has 0 aliphatic carbocycles. The van der Waals surface area contributed by atoms with Gasteiger partial charge < -0.3 is 11.1 Å². The first-order valence-electron chi connectivity index (χ1n) is 8.73. The van der Waals surface area contributed by atoms with Crippen molar-refractivity contribution < 1.29 is 0 Å². The molecular formula is C20H18N8. The standard InChI is InChI=1S/C20H18N8/c1-12-6-4-5-7-14(12)17-15(10-16-23-8-9-28(16)27-17)13(2)26-20-18(22-3)19(21)24-11-25-20/h4-11,13H,1-2H3,(H3,21,24,25,26)/t13-/m0/s1. The van der Waals surface area contributed by atoms with E-state index in [-0.39, 0.29) is 17.5 Å².